The summed E-state index contributed by atoms with van der Waals surface area (Å²) in [6.07, 6.45) is 9.25. The normalized spacial score (nSPS) is 36.2. The molecule has 1 aliphatic rings. The van der Waals surface area contributed by atoms with Crippen LogP contribution in [0.1, 0.15) is 65.7 Å². The molecule has 0 aromatic carbocycles. The average molecular weight is 217 g/mol. The van der Waals surface area contributed by atoms with Crippen molar-refractivity contribution < 1.29 is 0 Å². The fraction of sp³-hybridized carbons (Fsp3) is 1.00. The lowest BCUT2D eigenvalue weighted by Crippen LogP contribution is -2.15. The molecule has 0 heterocycles. The second-order valence-corrected chi connectivity index (χ2v) is 6.47. The number of hydrogen-bond acceptors (Lipinski definition) is 0. The van der Waals surface area contributed by atoms with Gasteiger partial charge in [0.2, 0.25) is 0 Å². The standard InChI is InChI=1S/C13H25Cl/c1-11(2)12-7-4-5-9-13(3,14)10-6-8-12/h11-12H,4-10H2,1-3H3. The van der Waals surface area contributed by atoms with E-state index in [1.165, 1.54) is 44.9 Å². The summed E-state index contributed by atoms with van der Waals surface area (Å²) in [5.41, 5.74) is 0. The molecule has 1 rings (SSSR count). The van der Waals surface area contributed by atoms with Gasteiger partial charge in [-0.1, -0.05) is 46.0 Å². The average Bonchev–Trinajstić information content (AvgIpc) is 2.15. The molecule has 0 N–H and O–H groups in total. The molecule has 1 aliphatic carbocycles. The van der Waals surface area contributed by atoms with Crippen LogP contribution < -0.4 is 0 Å². The Kier molecular flexibility index (Phi) is 4.76. The smallest absolute Gasteiger partial charge is 0.0418 e. The zero-order valence-corrected chi connectivity index (χ0v) is 10.7. The van der Waals surface area contributed by atoms with Crippen LogP contribution in [0.2, 0.25) is 0 Å². The van der Waals surface area contributed by atoms with Gasteiger partial charge < -0.3 is 0 Å². The van der Waals surface area contributed by atoms with E-state index >= 15 is 0 Å². The summed E-state index contributed by atoms with van der Waals surface area (Å²) in [5, 5.41) is 0. The van der Waals surface area contributed by atoms with Gasteiger partial charge in [0, 0.05) is 4.87 Å². The first-order valence-corrected chi connectivity index (χ1v) is 6.58. The van der Waals surface area contributed by atoms with E-state index < -0.39 is 0 Å². The maximum absolute atomic E-state index is 6.45. The number of rotatable bonds is 1. The molecule has 14 heavy (non-hydrogen) atoms. The van der Waals surface area contributed by atoms with Crippen LogP contribution in [0.5, 0.6) is 0 Å². The van der Waals surface area contributed by atoms with Gasteiger partial charge in [0.15, 0.2) is 0 Å². The number of hydrogen-bond donors (Lipinski definition) is 0. The van der Waals surface area contributed by atoms with Gasteiger partial charge in [-0.3, -0.25) is 0 Å². The Labute approximate surface area is 94.4 Å². The van der Waals surface area contributed by atoms with Crippen molar-refractivity contribution in [2.75, 3.05) is 0 Å². The maximum atomic E-state index is 6.45. The lowest BCUT2D eigenvalue weighted by atomic mass is 9.87. The largest absolute Gasteiger partial charge is 0.120 e. The molecule has 1 heteroatoms. The van der Waals surface area contributed by atoms with Crippen molar-refractivity contribution in [2.45, 2.75) is 70.6 Å². The molecule has 2 unspecified atom stereocenters. The first-order valence-electron chi connectivity index (χ1n) is 6.20. The molecular formula is C13H25Cl. The van der Waals surface area contributed by atoms with Crippen molar-refractivity contribution in [3.8, 4) is 0 Å². The van der Waals surface area contributed by atoms with Gasteiger partial charge in [-0.2, -0.15) is 0 Å². The van der Waals surface area contributed by atoms with Gasteiger partial charge in [0.25, 0.3) is 0 Å². The third kappa shape index (κ3) is 4.21. The van der Waals surface area contributed by atoms with Gasteiger partial charge in [-0.05, 0) is 31.6 Å². The van der Waals surface area contributed by atoms with Gasteiger partial charge >= 0.3 is 0 Å². The van der Waals surface area contributed by atoms with E-state index in [1.807, 2.05) is 0 Å². The zero-order chi connectivity index (χ0) is 10.6. The molecule has 84 valence electrons. The molecule has 0 spiro atoms. The zero-order valence-electron chi connectivity index (χ0n) is 9.98. The molecule has 0 aromatic rings. The van der Waals surface area contributed by atoms with E-state index in [-0.39, 0.29) is 4.87 Å². The monoisotopic (exact) mass is 216 g/mol. The molecule has 0 bridgehead atoms. The minimum absolute atomic E-state index is 0.0892. The Morgan fingerprint density at radius 3 is 2.29 bits per heavy atom. The molecule has 0 radical (unpaired) electrons. The first kappa shape index (κ1) is 12.4. The molecule has 0 aliphatic heterocycles. The Bertz CT molecular complexity index is 161. The first-order chi connectivity index (χ1) is 6.51. The van der Waals surface area contributed by atoms with Crippen molar-refractivity contribution in [1.29, 1.82) is 0 Å². The van der Waals surface area contributed by atoms with Crippen molar-refractivity contribution >= 4 is 11.6 Å². The molecule has 1 fully saturated rings. The van der Waals surface area contributed by atoms with Crippen LogP contribution in [-0.2, 0) is 0 Å². The Balaban J connectivity index is 2.44. The van der Waals surface area contributed by atoms with Crippen LogP contribution >= 0.6 is 11.6 Å². The summed E-state index contributed by atoms with van der Waals surface area (Å²) < 4.78 is 0. The summed E-state index contributed by atoms with van der Waals surface area (Å²) >= 11 is 6.45. The summed E-state index contributed by atoms with van der Waals surface area (Å²) in [7, 11) is 0. The summed E-state index contributed by atoms with van der Waals surface area (Å²) in [4.78, 5) is 0.0892. The Hall–Kier alpha value is 0.290. The number of halogens is 1. The molecule has 0 saturated heterocycles. The van der Waals surface area contributed by atoms with E-state index in [2.05, 4.69) is 20.8 Å². The predicted octanol–water partition coefficient (Wildman–Crippen LogP) is 5.00. The van der Waals surface area contributed by atoms with Crippen LogP contribution in [0, 0.1) is 11.8 Å². The lowest BCUT2D eigenvalue weighted by molar-refractivity contribution is 0.323. The van der Waals surface area contributed by atoms with E-state index in [0.717, 1.165) is 11.8 Å². The molecule has 0 aromatic heterocycles. The highest BCUT2D eigenvalue weighted by molar-refractivity contribution is 6.23. The van der Waals surface area contributed by atoms with Crippen molar-refractivity contribution in [3.05, 3.63) is 0 Å². The van der Waals surface area contributed by atoms with Crippen LogP contribution in [0.25, 0.3) is 0 Å². The van der Waals surface area contributed by atoms with E-state index in [4.69, 9.17) is 11.6 Å². The molecule has 0 nitrogen and oxygen atoms in total. The van der Waals surface area contributed by atoms with E-state index in [0.29, 0.717) is 0 Å². The molecule has 2 atom stereocenters. The van der Waals surface area contributed by atoms with Gasteiger partial charge in [0.1, 0.15) is 0 Å². The fourth-order valence-electron chi connectivity index (χ4n) is 2.57. The van der Waals surface area contributed by atoms with Gasteiger partial charge in [0.05, 0.1) is 0 Å². The van der Waals surface area contributed by atoms with Crippen molar-refractivity contribution in [3.63, 3.8) is 0 Å². The number of alkyl halides is 1. The second kappa shape index (κ2) is 5.39. The summed E-state index contributed by atoms with van der Waals surface area (Å²) in [5.74, 6) is 1.80. The Morgan fingerprint density at radius 1 is 1.07 bits per heavy atom. The van der Waals surface area contributed by atoms with Crippen LogP contribution in [-0.4, -0.2) is 4.87 Å². The van der Waals surface area contributed by atoms with Gasteiger partial charge in [-0.15, -0.1) is 11.6 Å². The second-order valence-electron chi connectivity index (χ2n) is 5.56. The fourth-order valence-corrected chi connectivity index (χ4v) is 2.84. The minimum atomic E-state index is 0.0892. The van der Waals surface area contributed by atoms with Gasteiger partial charge in [-0.25, -0.2) is 0 Å². The minimum Gasteiger partial charge on any atom is -0.120 e. The third-order valence-electron chi connectivity index (χ3n) is 3.74. The third-order valence-corrected chi connectivity index (χ3v) is 4.12. The van der Waals surface area contributed by atoms with E-state index in [1.54, 1.807) is 0 Å². The summed E-state index contributed by atoms with van der Waals surface area (Å²) in [6, 6.07) is 0. The SMILES string of the molecule is CC(C)C1CCCCC(C)(Cl)CCC1. The lowest BCUT2D eigenvalue weighted by Gasteiger charge is -2.21. The van der Waals surface area contributed by atoms with Crippen molar-refractivity contribution in [2.24, 2.45) is 11.8 Å². The Morgan fingerprint density at radius 2 is 1.64 bits per heavy atom. The van der Waals surface area contributed by atoms with Crippen LogP contribution in [0.4, 0.5) is 0 Å². The van der Waals surface area contributed by atoms with E-state index in [9.17, 15) is 0 Å². The highest BCUT2D eigenvalue weighted by Crippen LogP contribution is 2.34. The van der Waals surface area contributed by atoms with Crippen LogP contribution in [0.3, 0.4) is 0 Å². The summed E-state index contributed by atoms with van der Waals surface area (Å²) in [6.45, 7) is 6.94. The molecule has 0 amide bonds. The molecular weight excluding hydrogens is 192 g/mol. The van der Waals surface area contributed by atoms with Crippen LogP contribution in [0.15, 0.2) is 0 Å². The highest BCUT2D eigenvalue weighted by Gasteiger charge is 2.23. The van der Waals surface area contributed by atoms with Crippen molar-refractivity contribution in [1.82, 2.24) is 0 Å². The predicted molar refractivity (Wildman–Crippen MR) is 64.9 cm³/mol. The highest BCUT2D eigenvalue weighted by atomic mass is 35.5. The maximum Gasteiger partial charge on any atom is 0.0418 e. The quantitative estimate of drug-likeness (QED) is 0.541. The topological polar surface area (TPSA) is 0 Å². The molecule has 1 saturated carbocycles.